The average molecular weight is 345 g/mol. The first-order chi connectivity index (χ1) is 12.7. The van der Waals surface area contributed by atoms with Crippen molar-refractivity contribution >= 4 is 27.5 Å². The third kappa shape index (κ3) is 3.06. The summed E-state index contributed by atoms with van der Waals surface area (Å²) in [5.74, 6) is -0.0979. The fraction of sp³-hybridized carbons (Fsp3) is 0.182. The van der Waals surface area contributed by atoms with Crippen LogP contribution in [0.15, 0.2) is 71.4 Å². The molecule has 0 saturated carbocycles. The molecule has 0 bridgehead atoms. The third-order valence-corrected chi connectivity index (χ3v) is 4.73. The zero-order valence-electron chi connectivity index (χ0n) is 14.5. The van der Waals surface area contributed by atoms with Crippen LogP contribution in [-0.2, 0) is 4.74 Å². The summed E-state index contributed by atoms with van der Waals surface area (Å²) in [6.07, 6.45) is 2.17. The summed E-state index contributed by atoms with van der Waals surface area (Å²) in [6.45, 7) is 2.51. The number of hydrogen-bond donors (Lipinski definition) is 0. The molecule has 0 aliphatic carbocycles. The Balaban J connectivity index is 1.61. The average Bonchev–Trinajstić information content (AvgIpc) is 3.20. The van der Waals surface area contributed by atoms with Crippen LogP contribution in [0.25, 0.3) is 21.5 Å². The summed E-state index contributed by atoms with van der Waals surface area (Å²) in [5, 5.41) is 8.48. The summed E-state index contributed by atoms with van der Waals surface area (Å²) in [4.78, 5) is 11.9. The van der Waals surface area contributed by atoms with E-state index in [9.17, 15) is 4.79 Å². The number of carbonyl (C=O) groups is 1. The van der Waals surface area contributed by atoms with Gasteiger partial charge in [-0.1, -0.05) is 60.6 Å². The van der Waals surface area contributed by atoms with Gasteiger partial charge in [0.15, 0.2) is 0 Å². The van der Waals surface area contributed by atoms with E-state index in [2.05, 4.69) is 66.7 Å². The van der Waals surface area contributed by atoms with Crippen LogP contribution in [0.3, 0.4) is 0 Å². The van der Waals surface area contributed by atoms with E-state index in [-0.39, 0.29) is 11.7 Å². The number of carbonyl (C=O) groups excluding carboxylic acids is 1. The molecule has 1 atom stereocenters. The second kappa shape index (κ2) is 7.00. The number of hydrogen-bond acceptors (Lipinski definition) is 4. The highest BCUT2D eigenvalue weighted by Crippen LogP contribution is 2.35. The first kappa shape index (κ1) is 16.3. The molecule has 4 heteroatoms. The number of nitrogens with zero attached hydrogens (tertiary/aromatic N) is 1. The minimum absolute atomic E-state index is 0.133. The lowest BCUT2D eigenvalue weighted by Crippen LogP contribution is -2.08. The topological polar surface area (TPSA) is 52.3 Å². The Labute approximate surface area is 151 Å². The molecule has 0 aliphatic rings. The molecule has 1 unspecified atom stereocenters. The van der Waals surface area contributed by atoms with Gasteiger partial charge in [-0.15, -0.1) is 0 Å². The molecular weight excluding hydrogens is 326 g/mol. The number of rotatable bonds is 5. The van der Waals surface area contributed by atoms with E-state index >= 15 is 0 Å². The van der Waals surface area contributed by atoms with Crippen LogP contribution in [-0.4, -0.2) is 17.7 Å². The molecule has 4 rings (SSSR count). The molecule has 1 heterocycles. The van der Waals surface area contributed by atoms with Gasteiger partial charge in [-0.2, -0.15) is 0 Å². The van der Waals surface area contributed by atoms with E-state index in [1.54, 1.807) is 0 Å². The number of esters is 1. The highest BCUT2D eigenvalue weighted by atomic mass is 16.6. The molecule has 130 valence electrons. The van der Waals surface area contributed by atoms with Gasteiger partial charge in [0, 0.05) is 6.07 Å². The molecule has 0 amide bonds. The molecule has 0 radical (unpaired) electrons. The summed E-state index contributed by atoms with van der Waals surface area (Å²) in [6, 6.07) is 20.6. The van der Waals surface area contributed by atoms with E-state index < -0.39 is 5.97 Å². The maximum atomic E-state index is 11.9. The van der Waals surface area contributed by atoms with Gasteiger partial charge in [-0.25, -0.2) is 4.79 Å². The first-order valence-corrected chi connectivity index (χ1v) is 8.72. The molecule has 4 nitrogen and oxygen atoms in total. The number of benzene rings is 3. The second-order valence-corrected chi connectivity index (χ2v) is 6.43. The van der Waals surface area contributed by atoms with Crippen molar-refractivity contribution in [3.63, 3.8) is 0 Å². The summed E-state index contributed by atoms with van der Waals surface area (Å²) in [7, 11) is 0. The number of ether oxygens (including phenoxy) is 1. The van der Waals surface area contributed by atoms with Crippen LogP contribution in [0, 0.1) is 0 Å². The highest BCUT2D eigenvalue weighted by molar-refractivity contribution is 6.02. The monoisotopic (exact) mass is 345 g/mol. The summed E-state index contributed by atoms with van der Waals surface area (Å²) < 4.78 is 10.2. The lowest BCUT2D eigenvalue weighted by atomic mass is 9.88. The quantitative estimate of drug-likeness (QED) is 0.362. The van der Waals surface area contributed by atoms with Gasteiger partial charge in [0.05, 0.1) is 12.8 Å². The Morgan fingerprint density at radius 1 is 1.04 bits per heavy atom. The van der Waals surface area contributed by atoms with Crippen molar-refractivity contribution in [1.29, 1.82) is 0 Å². The standard InChI is InChI=1S/C22H19NO3/c1-15(11-13-25-22(24)20-10-12-23-26-20)21-18-8-4-2-6-16(18)14-17-7-3-5-9-19(17)21/h2-10,12,14-15H,11,13H2,1H3. The van der Waals surface area contributed by atoms with Gasteiger partial charge in [-0.05, 0) is 45.5 Å². The van der Waals surface area contributed by atoms with Gasteiger partial charge in [0.1, 0.15) is 0 Å². The predicted octanol–water partition coefficient (Wildman–Crippen LogP) is 5.33. The van der Waals surface area contributed by atoms with Crippen LogP contribution in [0.2, 0.25) is 0 Å². The first-order valence-electron chi connectivity index (χ1n) is 8.72. The Hall–Kier alpha value is -3.14. The van der Waals surface area contributed by atoms with Gasteiger partial charge >= 0.3 is 5.97 Å². The minimum atomic E-state index is -0.475. The zero-order valence-corrected chi connectivity index (χ0v) is 14.5. The third-order valence-electron chi connectivity index (χ3n) is 4.73. The lowest BCUT2D eigenvalue weighted by Gasteiger charge is -2.18. The normalized spacial score (nSPS) is 12.3. The van der Waals surface area contributed by atoms with Crippen molar-refractivity contribution in [3.8, 4) is 0 Å². The van der Waals surface area contributed by atoms with Crippen molar-refractivity contribution in [2.75, 3.05) is 6.61 Å². The van der Waals surface area contributed by atoms with Gasteiger partial charge < -0.3 is 9.26 Å². The molecule has 0 N–H and O–H groups in total. The SMILES string of the molecule is CC(CCOC(=O)c1ccno1)c1c2ccccc2cc2ccccc12. The van der Waals surface area contributed by atoms with Crippen molar-refractivity contribution in [3.05, 3.63) is 78.2 Å². The zero-order chi connectivity index (χ0) is 17.9. The maximum Gasteiger partial charge on any atom is 0.377 e. The van der Waals surface area contributed by atoms with Crippen LogP contribution in [0.4, 0.5) is 0 Å². The van der Waals surface area contributed by atoms with E-state index in [0.29, 0.717) is 6.61 Å². The molecule has 0 spiro atoms. The van der Waals surface area contributed by atoms with Crippen LogP contribution < -0.4 is 0 Å². The van der Waals surface area contributed by atoms with Crippen LogP contribution in [0.5, 0.6) is 0 Å². The molecule has 0 fully saturated rings. The Kier molecular flexibility index (Phi) is 4.40. The van der Waals surface area contributed by atoms with Gasteiger partial charge in [-0.3, -0.25) is 0 Å². The van der Waals surface area contributed by atoms with E-state index in [1.807, 2.05) is 0 Å². The number of aromatic nitrogens is 1. The minimum Gasteiger partial charge on any atom is -0.460 e. The van der Waals surface area contributed by atoms with Crippen molar-refractivity contribution in [2.24, 2.45) is 0 Å². The van der Waals surface area contributed by atoms with E-state index in [1.165, 1.54) is 39.4 Å². The smallest absolute Gasteiger partial charge is 0.377 e. The lowest BCUT2D eigenvalue weighted by molar-refractivity contribution is 0.0448. The molecule has 3 aromatic carbocycles. The molecular formula is C22H19NO3. The Bertz CT molecular complexity index is 1000. The van der Waals surface area contributed by atoms with Crippen LogP contribution >= 0.6 is 0 Å². The van der Waals surface area contributed by atoms with Crippen molar-refractivity contribution in [1.82, 2.24) is 5.16 Å². The van der Waals surface area contributed by atoms with Crippen molar-refractivity contribution < 1.29 is 14.1 Å². The summed E-state index contributed by atoms with van der Waals surface area (Å²) in [5.41, 5.74) is 1.30. The fourth-order valence-electron chi connectivity index (χ4n) is 3.44. The summed E-state index contributed by atoms with van der Waals surface area (Å²) >= 11 is 0. The van der Waals surface area contributed by atoms with Crippen LogP contribution in [0.1, 0.15) is 35.4 Å². The Morgan fingerprint density at radius 3 is 2.31 bits per heavy atom. The van der Waals surface area contributed by atoms with Gasteiger partial charge in [0.25, 0.3) is 0 Å². The Morgan fingerprint density at radius 2 is 1.69 bits per heavy atom. The van der Waals surface area contributed by atoms with Gasteiger partial charge in [0.2, 0.25) is 5.76 Å². The number of fused-ring (bicyclic) bond motifs is 2. The van der Waals surface area contributed by atoms with E-state index in [4.69, 9.17) is 9.26 Å². The molecule has 4 aromatic rings. The molecule has 1 aromatic heterocycles. The molecule has 0 saturated heterocycles. The predicted molar refractivity (Wildman–Crippen MR) is 101 cm³/mol. The highest BCUT2D eigenvalue weighted by Gasteiger charge is 2.16. The maximum absolute atomic E-state index is 11.9. The second-order valence-electron chi connectivity index (χ2n) is 6.43. The molecule has 26 heavy (non-hydrogen) atoms. The largest absolute Gasteiger partial charge is 0.460 e. The van der Waals surface area contributed by atoms with Crippen molar-refractivity contribution in [2.45, 2.75) is 19.3 Å². The molecule has 0 aliphatic heterocycles. The van der Waals surface area contributed by atoms with E-state index in [0.717, 1.165) is 6.42 Å². The fourth-order valence-corrected chi connectivity index (χ4v) is 3.44.